The number of ether oxygens (including phenoxy) is 2. The van der Waals surface area contributed by atoms with E-state index in [-0.39, 0.29) is 62.9 Å². The molecule has 1 saturated heterocycles. The van der Waals surface area contributed by atoms with Crippen molar-refractivity contribution in [2.45, 2.75) is 58.2 Å². The van der Waals surface area contributed by atoms with Crippen LogP contribution in [0.4, 0.5) is 9.59 Å². The minimum Gasteiger partial charge on any atom is -0.445 e. The van der Waals surface area contributed by atoms with E-state index in [0.717, 1.165) is 0 Å². The van der Waals surface area contributed by atoms with Gasteiger partial charge in [-0.3, -0.25) is 20.2 Å². The quantitative estimate of drug-likeness (QED) is 0.596. The highest BCUT2D eigenvalue weighted by molar-refractivity contribution is 5.95. The first-order chi connectivity index (χ1) is 15.4. The number of hydrogen-bond donors (Lipinski definition) is 2. The highest BCUT2D eigenvalue weighted by Crippen LogP contribution is 2.25. The van der Waals surface area contributed by atoms with E-state index >= 15 is 0 Å². The molecular formula is C23H38N4O6. The van der Waals surface area contributed by atoms with Gasteiger partial charge in [-0.1, -0.05) is 13.8 Å². The normalized spacial score (nSPS) is 29.2. The number of ketones is 2. The van der Waals surface area contributed by atoms with Gasteiger partial charge in [0, 0.05) is 25.6 Å². The van der Waals surface area contributed by atoms with Gasteiger partial charge in [-0.2, -0.15) is 0 Å². The predicted molar refractivity (Wildman–Crippen MR) is 123 cm³/mol. The number of carbonyl (C=O) groups excluding carboxylic acids is 4. The number of nitrogens with one attached hydrogen (secondary N) is 2. The second kappa shape index (κ2) is 11.1. The molecule has 0 aromatic carbocycles. The summed E-state index contributed by atoms with van der Waals surface area (Å²) in [5, 5.41) is 6.47. The van der Waals surface area contributed by atoms with Gasteiger partial charge < -0.3 is 19.3 Å². The molecular weight excluding hydrogens is 428 g/mol. The maximum Gasteiger partial charge on any atom is 0.410 e. The molecule has 0 aromatic rings. The Balaban J connectivity index is 2.26. The number of carbonyl (C=O) groups is 4. The van der Waals surface area contributed by atoms with Crippen LogP contribution in [-0.4, -0.2) is 97.1 Å². The van der Waals surface area contributed by atoms with Crippen LogP contribution in [0.5, 0.6) is 0 Å². The summed E-state index contributed by atoms with van der Waals surface area (Å²) in [6, 6.07) is 0.0243. The molecule has 2 N–H and O–H groups in total. The fourth-order valence-corrected chi connectivity index (χ4v) is 4.07. The monoisotopic (exact) mass is 466 g/mol. The standard InChI is InChI=1S/C23H38N4O6/c1-16(2)19(29)22(5)9-10-26(6)20(30)32-11-7-8-12-33-21(31)27-14-23(15-27,25-17(3)4)18(28)13-24-22/h7-8,16-17,24-25H,9-15H2,1-6H3/b8-7+/t22-/m0/s1. The molecule has 3 aliphatic rings. The van der Waals surface area contributed by atoms with Crippen molar-refractivity contribution < 1.29 is 28.7 Å². The maximum atomic E-state index is 13.3. The summed E-state index contributed by atoms with van der Waals surface area (Å²) in [7, 11) is 1.60. The van der Waals surface area contributed by atoms with Gasteiger partial charge in [0.25, 0.3) is 0 Å². The number of amides is 2. The van der Waals surface area contributed by atoms with E-state index in [2.05, 4.69) is 10.6 Å². The van der Waals surface area contributed by atoms with Crippen LogP contribution < -0.4 is 10.6 Å². The zero-order valence-electron chi connectivity index (χ0n) is 20.6. The van der Waals surface area contributed by atoms with Gasteiger partial charge in [-0.15, -0.1) is 0 Å². The SMILES string of the molecule is CC(C)NC12CN(C1)C(=O)OC/C=C/COC(=O)N(C)CC[C@@](C)(C(=O)C(C)C)NCC2=O. The molecule has 1 fully saturated rings. The van der Waals surface area contributed by atoms with E-state index in [1.807, 2.05) is 27.7 Å². The zero-order valence-corrected chi connectivity index (χ0v) is 20.6. The minimum absolute atomic E-state index is 0.0243. The summed E-state index contributed by atoms with van der Waals surface area (Å²) in [5.74, 6) is -0.425. The van der Waals surface area contributed by atoms with Crippen molar-refractivity contribution >= 4 is 23.8 Å². The predicted octanol–water partition coefficient (Wildman–Crippen LogP) is 1.35. The molecule has 186 valence electrons. The Bertz CT molecular complexity index is 775. The van der Waals surface area contributed by atoms with Gasteiger partial charge in [0.2, 0.25) is 0 Å². The Morgan fingerprint density at radius 2 is 1.64 bits per heavy atom. The van der Waals surface area contributed by atoms with Crippen LogP contribution in [0.25, 0.3) is 0 Å². The van der Waals surface area contributed by atoms with E-state index in [4.69, 9.17) is 9.47 Å². The lowest BCUT2D eigenvalue weighted by atomic mass is 9.82. The first kappa shape index (κ1) is 26.8. The first-order valence-corrected chi connectivity index (χ1v) is 11.4. The number of Topliss-reactive ketones (excluding diaryl/α,β-unsaturated/α-hetero) is 2. The van der Waals surface area contributed by atoms with Gasteiger partial charge in [-0.05, 0) is 39.3 Å². The molecule has 10 heteroatoms. The van der Waals surface area contributed by atoms with Crippen LogP contribution in [-0.2, 0) is 19.1 Å². The summed E-state index contributed by atoms with van der Waals surface area (Å²) in [4.78, 5) is 53.7. The van der Waals surface area contributed by atoms with Gasteiger partial charge in [-0.25, -0.2) is 9.59 Å². The molecule has 10 nitrogen and oxygen atoms in total. The van der Waals surface area contributed by atoms with Crippen LogP contribution >= 0.6 is 0 Å². The topological polar surface area (TPSA) is 117 Å². The molecule has 0 saturated carbocycles. The fraction of sp³-hybridized carbons (Fsp3) is 0.739. The molecule has 1 atom stereocenters. The van der Waals surface area contributed by atoms with Crippen molar-refractivity contribution in [3.63, 3.8) is 0 Å². The third-order valence-corrected chi connectivity index (χ3v) is 6.02. The van der Waals surface area contributed by atoms with Crippen LogP contribution in [0.2, 0.25) is 0 Å². The van der Waals surface area contributed by atoms with E-state index in [9.17, 15) is 19.2 Å². The molecule has 33 heavy (non-hydrogen) atoms. The Hall–Kier alpha value is -2.46. The lowest BCUT2D eigenvalue weighted by Gasteiger charge is -2.49. The summed E-state index contributed by atoms with van der Waals surface area (Å²) < 4.78 is 10.4. The number of hydrogen-bond acceptors (Lipinski definition) is 8. The maximum absolute atomic E-state index is 13.3. The average molecular weight is 467 g/mol. The van der Waals surface area contributed by atoms with Crippen molar-refractivity contribution in [2.24, 2.45) is 5.92 Å². The highest BCUT2D eigenvalue weighted by atomic mass is 16.6. The molecule has 3 heterocycles. The Morgan fingerprint density at radius 1 is 1.06 bits per heavy atom. The average Bonchev–Trinajstić information content (AvgIpc) is 2.72. The Morgan fingerprint density at radius 3 is 2.18 bits per heavy atom. The first-order valence-electron chi connectivity index (χ1n) is 11.4. The molecule has 3 aliphatic heterocycles. The van der Waals surface area contributed by atoms with E-state index < -0.39 is 23.3 Å². The highest BCUT2D eigenvalue weighted by Gasteiger charge is 2.51. The van der Waals surface area contributed by atoms with Gasteiger partial charge in [0.1, 0.15) is 18.8 Å². The fourth-order valence-electron chi connectivity index (χ4n) is 4.07. The summed E-state index contributed by atoms with van der Waals surface area (Å²) in [6.45, 7) is 9.96. The number of rotatable bonds is 4. The number of fused-ring (bicyclic) bond motifs is 13. The van der Waals surface area contributed by atoms with Crippen molar-refractivity contribution in [3.8, 4) is 0 Å². The smallest absolute Gasteiger partial charge is 0.410 e. The second-order valence-corrected chi connectivity index (χ2v) is 9.66. The molecule has 0 aromatic heterocycles. The van der Waals surface area contributed by atoms with Crippen molar-refractivity contribution in [2.75, 3.05) is 46.4 Å². The third kappa shape index (κ3) is 6.77. The van der Waals surface area contributed by atoms with E-state index in [1.54, 1.807) is 26.1 Å². The van der Waals surface area contributed by atoms with Crippen LogP contribution in [0.1, 0.15) is 41.0 Å². The molecule has 2 bridgehead atoms. The largest absolute Gasteiger partial charge is 0.445 e. The Labute approximate surface area is 196 Å². The number of nitrogens with zero attached hydrogens (tertiary/aromatic N) is 2. The van der Waals surface area contributed by atoms with Crippen molar-refractivity contribution in [1.82, 2.24) is 20.4 Å². The van der Waals surface area contributed by atoms with Crippen molar-refractivity contribution in [3.05, 3.63) is 12.2 Å². The summed E-state index contributed by atoms with van der Waals surface area (Å²) in [5.41, 5.74) is -1.91. The van der Waals surface area contributed by atoms with Crippen LogP contribution in [0.15, 0.2) is 12.2 Å². The van der Waals surface area contributed by atoms with Crippen LogP contribution in [0.3, 0.4) is 0 Å². The third-order valence-electron chi connectivity index (χ3n) is 6.02. The second-order valence-electron chi connectivity index (χ2n) is 9.66. The lowest BCUT2D eigenvalue weighted by molar-refractivity contribution is -0.133. The van der Waals surface area contributed by atoms with E-state index in [1.165, 1.54) is 9.80 Å². The van der Waals surface area contributed by atoms with Gasteiger partial charge >= 0.3 is 12.2 Å². The molecule has 0 radical (unpaired) electrons. The molecule has 0 spiro atoms. The molecule has 2 amide bonds. The Kier molecular flexibility index (Phi) is 9.02. The molecule has 0 aliphatic carbocycles. The molecule has 0 unspecified atom stereocenters. The summed E-state index contributed by atoms with van der Waals surface area (Å²) in [6.07, 6.45) is 2.48. The lowest BCUT2D eigenvalue weighted by Crippen LogP contribution is -2.76. The van der Waals surface area contributed by atoms with Crippen LogP contribution in [0, 0.1) is 5.92 Å². The zero-order chi connectivity index (χ0) is 24.8. The molecule has 3 rings (SSSR count). The van der Waals surface area contributed by atoms with Gasteiger partial charge in [0.15, 0.2) is 11.6 Å². The van der Waals surface area contributed by atoms with Gasteiger partial charge in [0.05, 0.1) is 25.2 Å². The minimum atomic E-state index is -1.01. The summed E-state index contributed by atoms with van der Waals surface area (Å²) >= 11 is 0. The van der Waals surface area contributed by atoms with E-state index in [0.29, 0.717) is 6.42 Å². The van der Waals surface area contributed by atoms with Crippen molar-refractivity contribution in [1.29, 1.82) is 0 Å².